The molecule has 1 unspecified atom stereocenters. The third-order valence-electron chi connectivity index (χ3n) is 5.60. The monoisotopic (exact) mass is 398 g/mol. The molecule has 0 aliphatic carbocycles. The largest absolute Gasteiger partial charge is 0.465 e. The summed E-state index contributed by atoms with van der Waals surface area (Å²) in [6.45, 7) is 4.08. The van der Waals surface area contributed by atoms with Gasteiger partial charge in [0.05, 0.1) is 0 Å². The van der Waals surface area contributed by atoms with Crippen LogP contribution in [0.3, 0.4) is 0 Å². The second-order valence-electron chi connectivity index (χ2n) is 8.17. The number of carboxylic acid groups (broad SMARTS) is 1. The fraction of sp³-hybridized carbons (Fsp3) is 0.913. The number of unbranched alkanes of at least 4 members (excludes halogenated alkanes) is 14. The van der Waals surface area contributed by atoms with Gasteiger partial charge in [0, 0.05) is 13.1 Å². The second-order valence-corrected chi connectivity index (χ2v) is 8.17. The van der Waals surface area contributed by atoms with Gasteiger partial charge in [0.1, 0.15) is 6.54 Å². The maximum absolute atomic E-state index is 11.4. The lowest BCUT2D eigenvalue weighted by molar-refractivity contribution is -0.121. The molecule has 0 spiro atoms. The summed E-state index contributed by atoms with van der Waals surface area (Å²) in [4.78, 5) is 24.0. The maximum atomic E-state index is 11.4. The molecule has 0 rings (SSSR count). The van der Waals surface area contributed by atoms with Crippen LogP contribution in [0.1, 0.15) is 117 Å². The molecular weight excluding hydrogens is 352 g/mol. The Balaban J connectivity index is 3.48. The Bertz CT molecular complexity index is 388. The van der Waals surface area contributed by atoms with Gasteiger partial charge < -0.3 is 10.4 Å². The van der Waals surface area contributed by atoms with E-state index in [0.29, 0.717) is 0 Å². The van der Waals surface area contributed by atoms with Crippen LogP contribution < -0.4 is 5.32 Å². The first kappa shape index (κ1) is 26.7. The summed E-state index contributed by atoms with van der Waals surface area (Å²) in [6, 6.07) is -0.114. The molecular formula is C23H46N2O3. The number of carbonyl (C=O) groups excluding carboxylic acids is 1. The van der Waals surface area contributed by atoms with Gasteiger partial charge in [0.2, 0.25) is 5.91 Å². The molecule has 2 amide bonds. The Hall–Kier alpha value is -1.26. The molecule has 5 heteroatoms. The molecule has 166 valence electrons. The standard InChI is InChI=1S/C23H46N2O3/c1-4-5-6-7-8-9-10-11-12-13-14-15-16-17-18-19-21(2)25(23(27)28)20-22(26)24-3/h21H,4-20H2,1-3H3,(H,24,26)(H,27,28). The Morgan fingerprint density at radius 3 is 1.54 bits per heavy atom. The lowest BCUT2D eigenvalue weighted by Crippen LogP contribution is -2.44. The van der Waals surface area contributed by atoms with Crippen molar-refractivity contribution in [1.82, 2.24) is 10.2 Å². The number of likely N-dealkylation sites (N-methyl/N-ethyl adjacent to an activating group) is 1. The van der Waals surface area contributed by atoms with Gasteiger partial charge in [-0.25, -0.2) is 4.79 Å². The van der Waals surface area contributed by atoms with Crippen molar-refractivity contribution in [1.29, 1.82) is 0 Å². The van der Waals surface area contributed by atoms with Crippen molar-refractivity contribution in [3.05, 3.63) is 0 Å². The summed E-state index contributed by atoms with van der Waals surface area (Å²) in [5.74, 6) is -0.259. The molecule has 0 saturated carbocycles. The first-order valence-electron chi connectivity index (χ1n) is 11.7. The van der Waals surface area contributed by atoms with Crippen LogP contribution in [0, 0.1) is 0 Å². The Labute approximate surface area is 173 Å². The van der Waals surface area contributed by atoms with E-state index in [1.165, 1.54) is 95.4 Å². The van der Waals surface area contributed by atoms with Crippen molar-refractivity contribution in [2.75, 3.05) is 13.6 Å². The zero-order valence-corrected chi connectivity index (χ0v) is 18.8. The van der Waals surface area contributed by atoms with E-state index in [1.807, 2.05) is 6.92 Å². The van der Waals surface area contributed by atoms with Crippen LogP contribution in [0.5, 0.6) is 0 Å². The van der Waals surface area contributed by atoms with Gasteiger partial charge in [-0.05, 0) is 13.3 Å². The number of hydrogen-bond donors (Lipinski definition) is 2. The van der Waals surface area contributed by atoms with Crippen LogP contribution in [-0.4, -0.2) is 41.6 Å². The predicted octanol–water partition coefficient (Wildman–Crippen LogP) is 6.36. The Morgan fingerprint density at radius 1 is 0.786 bits per heavy atom. The van der Waals surface area contributed by atoms with E-state index in [0.717, 1.165) is 19.3 Å². The molecule has 2 N–H and O–H groups in total. The average molecular weight is 399 g/mol. The molecule has 0 aliphatic heterocycles. The summed E-state index contributed by atoms with van der Waals surface area (Å²) >= 11 is 0. The predicted molar refractivity (Wildman–Crippen MR) is 118 cm³/mol. The third-order valence-corrected chi connectivity index (χ3v) is 5.60. The van der Waals surface area contributed by atoms with Crippen molar-refractivity contribution in [2.45, 2.75) is 123 Å². The molecule has 0 saturated heterocycles. The van der Waals surface area contributed by atoms with Crippen molar-refractivity contribution in [3.63, 3.8) is 0 Å². The number of amides is 2. The van der Waals surface area contributed by atoms with Gasteiger partial charge in [0.15, 0.2) is 0 Å². The van der Waals surface area contributed by atoms with Crippen LogP contribution in [0.15, 0.2) is 0 Å². The van der Waals surface area contributed by atoms with Crippen molar-refractivity contribution >= 4 is 12.0 Å². The van der Waals surface area contributed by atoms with E-state index >= 15 is 0 Å². The lowest BCUT2D eigenvalue weighted by Gasteiger charge is -2.25. The minimum atomic E-state index is -1.02. The van der Waals surface area contributed by atoms with Crippen LogP contribution in [0.25, 0.3) is 0 Å². The zero-order chi connectivity index (χ0) is 21.0. The normalized spacial score (nSPS) is 12.0. The van der Waals surface area contributed by atoms with Crippen LogP contribution in [-0.2, 0) is 4.79 Å². The molecule has 0 aliphatic rings. The summed E-state index contributed by atoms with van der Waals surface area (Å²) < 4.78 is 0. The molecule has 0 aromatic carbocycles. The van der Waals surface area contributed by atoms with Crippen LogP contribution in [0.4, 0.5) is 4.79 Å². The number of nitrogens with one attached hydrogen (secondary N) is 1. The molecule has 0 radical (unpaired) electrons. The summed E-state index contributed by atoms with van der Waals surface area (Å²) in [7, 11) is 1.53. The highest BCUT2D eigenvalue weighted by atomic mass is 16.4. The Morgan fingerprint density at radius 2 is 1.18 bits per heavy atom. The fourth-order valence-corrected chi connectivity index (χ4v) is 3.61. The SMILES string of the molecule is CCCCCCCCCCCCCCCCCC(C)N(CC(=O)NC)C(=O)O. The molecule has 0 fully saturated rings. The highest BCUT2D eigenvalue weighted by Gasteiger charge is 2.21. The van der Waals surface area contributed by atoms with Gasteiger partial charge in [0.25, 0.3) is 0 Å². The average Bonchev–Trinajstić information content (AvgIpc) is 2.68. The summed E-state index contributed by atoms with van der Waals surface area (Å²) in [5, 5.41) is 11.7. The minimum Gasteiger partial charge on any atom is -0.465 e. The number of carbonyl (C=O) groups is 2. The number of nitrogens with zero attached hydrogens (tertiary/aromatic N) is 1. The molecule has 1 atom stereocenters. The summed E-state index contributed by atoms with van der Waals surface area (Å²) in [6.07, 6.45) is 19.7. The molecule has 5 nitrogen and oxygen atoms in total. The topological polar surface area (TPSA) is 69.6 Å². The van der Waals surface area contributed by atoms with Gasteiger partial charge in [-0.3, -0.25) is 9.69 Å². The number of rotatable bonds is 19. The highest BCUT2D eigenvalue weighted by molar-refractivity contribution is 5.81. The third kappa shape index (κ3) is 15.8. The first-order chi connectivity index (χ1) is 13.5. The van der Waals surface area contributed by atoms with Crippen molar-refractivity contribution < 1.29 is 14.7 Å². The summed E-state index contributed by atoms with van der Waals surface area (Å²) in [5.41, 5.74) is 0. The van der Waals surface area contributed by atoms with E-state index in [1.54, 1.807) is 0 Å². The van der Waals surface area contributed by atoms with Crippen molar-refractivity contribution in [2.24, 2.45) is 0 Å². The van der Waals surface area contributed by atoms with E-state index in [4.69, 9.17) is 0 Å². The smallest absolute Gasteiger partial charge is 0.408 e. The second kappa shape index (κ2) is 19.1. The number of hydrogen-bond acceptors (Lipinski definition) is 2. The molecule has 0 aromatic heterocycles. The molecule has 0 heterocycles. The van der Waals surface area contributed by atoms with E-state index < -0.39 is 6.09 Å². The van der Waals surface area contributed by atoms with E-state index in [2.05, 4.69) is 12.2 Å². The molecule has 0 aromatic rings. The van der Waals surface area contributed by atoms with Gasteiger partial charge in [-0.15, -0.1) is 0 Å². The van der Waals surface area contributed by atoms with Crippen LogP contribution in [0.2, 0.25) is 0 Å². The van der Waals surface area contributed by atoms with Gasteiger partial charge >= 0.3 is 6.09 Å². The Kier molecular flexibility index (Phi) is 18.2. The van der Waals surface area contributed by atoms with Crippen LogP contribution >= 0.6 is 0 Å². The lowest BCUT2D eigenvalue weighted by atomic mass is 10.0. The van der Waals surface area contributed by atoms with Gasteiger partial charge in [-0.2, -0.15) is 0 Å². The minimum absolute atomic E-state index is 0.0776. The van der Waals surface area contributed by atoms with Crippen molar-refractivity contribution in [3.8, 4) is 0 Å². The molecule has 0 bridgehead atoms. The highest BCUT2D eigenvalue weighted by Crippen LogP contribution is 2.15. The van der Waals surface area contributed by atoms with E-state index in [9.17, 15) is 14.7 Å². The van der Waals surface area contributed by atoms with Gasteiger partial charge in [-0.1, -0.05) is 103 Å². The van der Waals surface area contributed by atoms with E-state index in [-0.39, 0.29) is 18.5 Å². The fourth-order valence-electron chi connectivity index (χ4n) is 3.61. The quantitative estimate of drug-likeness (QED) is 0.249. The first-order valence-corrected chi connectivity index (χ1v) is 11.7. The maximum Gasteiger partial charge on any atom is 0.408 e. The zero-order valence-electron chi connectivity index (χ0n) is 18.8. The molecule has 28 heavy (non-hydrogen) atoms.